The van der Waals surface area contributed by atoms with Gasteiger partial charge in [-0.25, -0.2) is 0 Å². The van der Waals surface area contributed by atoms with Gasteiger partial charge in [-0.2, -0.15) is 0 Å². The van der Waals surface area contributed by atoms with E-state index >= 15 is 0 Å². The number of hydrogen-bond acceptors (Lipinski definition) is 0. The molecule has 0 nitrogen and oxygen atoms in total. The number of hydrogen-bond donors (Lipinski definition) is 0. The summed E-state index contributed by atoms with van der Waals surface area (Å²) in [4.78, 5) is 0. The Bertz CT molecular complexity index is 416. The molecule has 0 spiro atoms. The summed E-state index contributed by atoms with van der Waals surface area (Å²) in [5.41, 5.74) is 2.89. The van der Waals surface area contributed by atoms with E-state index in [4.69, 9.17) is 0 Å². The molecule has 0 heterocycles. The van der Waals surface area contributed by atoms with Gasteiger partial charge in [0.15, 0.2) is 0 Å². The van der Waals surface area contributed by atoms with Gasteiger partial charge in [0, 0.05) is 0 Å². The Morgan fingerprint density at radius 2 is 1.15 bits per heavy atom. The largest absolute Gasteiger partial charge is 0.0654 e. The van der Waals surface area contributed by atoms with Crippen molar-refractivity contribution >= 4 is 0 Å². The van der Waals surface area contributed by atoms with Gasteiger partial charge in [-0.05, 0) is 30.4 Å². The Morgan fingerprint density at radius 3 is 1.60 bits per heavy atom. The highest BCUT2D eigenvalue weighted by atomic mass is 14.0. The van der Waals surface area contributed by atoms with Crippen molar-refractivity contribution in [3.8, 4) is 0 Å². The van der Waals surface area contributed by atoms with E-state index in [1.807, 2.05) is 6.07 Å². The molecule has 2 rings (SSSR count). The van der Waals surface area contributed by atoms with E-state index in [0.29, 0.717) is 0 Å². The number of unbranched alkanes of at least 4 members (excludes halogenated alkanes) is 3. The third-order valence-electron chi connectivity index (χ3n) is 3.41. The van der Waals surface area contributed by atoms with Crippen molar-refractivity contribution in [2.24, 2.45) is 0 Å². The first-order valence-electron chi connectivity index (χ1n) is 7.94. The zero-order valence-corrected chi connectivity index (χ0v) is 13.0. The molecule has 0 heteroatoms. The fourth-order valence-corrected chi connectivity index (χ4v) is 2.11. The van der Waals surface area contributed by atoms with E-state index < -0.39 is 0 Å². The van der Waals surface area contributed by atoms with Crippen LogP contribution in [-0.2, 0) is 12.8 Å². The molecule has 0 amide bonds. The maximum absolute atomic E-state index is 2.25. The van der Waals surface area contributed by atoms with Crippen LogP contribution < -0.4 is 0 Å². The molecule has 0 saturated heterocycles. The highest BCUT2D eigenvalue weighted by molar-refractivity contribution is 5.14. The van der Waals surface area contributed by atoms with Crippen LogP contribution in [0, 0.1) is 0 Å². The van der Waals surface area contributed by atoms with Crippen molar-refractivity contribution in [2.75, 3.05) is 0 Å². The lowest BCUT2D eigenvalue weighted by molar-refractivity contribution is 0.667. The van der Waals surface area contributed by atoms with Gasteiger partial charge in [0.1, 0.15) is 0 Å². The van der Waals surface area contributed by atoms with Gasteiger partial charge < -0.3 is 0 Å². The van der Waals surface area contributed by atoms with Crippen molar-refractivity contribution in [1.82, 2.24) is 0 Å². The summed E-state index contributed by atoms with van der Waals surface area (Å²) in [7, 11) is 0. The van der Waals surface area contributed by atoms with Gasteiger partial charge in [0.2, 0.25) is 0 Å². The first kappa shape index (κ1) is 16.5. The first-order valence-corrected chi connectivity index (χ1v) is 7.94. The highest BCUT2D eigenvalue weighted by Gasteiger charge is 1.90. The Labute approximate surface area is 124 Å². The van der Waals surface area contributed by atoms with Crippen molar-refractivity contribution in [3.63, 3.8) is 0 Å². The lowest BCUT2D eigenvalue weighted by atomic mass is 10.1. The van der Waals surface area contributed by atoms with Gasteiger partial charge in [0.05, 0.1) is 0 Å². The number of aryl methyl sites for hydroxylation is 2. The predicted molar refractivity (Wildman–Crippen MR) is 90.1 cm³/mol. The van der Waals surface area contributed by atoms with Crippen molar-refractivity contribution in [2.45, 2.75) is 52.4 Å². The average molecular weight is 268 g/mol. The second kappa shape index (κ2) is 11.3. The number of benzene rings is 2. The van der Waals surface area contributed by atoms with Crippen LogP contribution in [0.15, 0.2) is 60.7 Å². The highest BCUT2D eigenvalue weighted by Crippen LogP contribution is 2.06. The van der Waals surface area contributed by atoms with E-state index in [9.17, 15) is 0 Å². The molecule has 0 N–H and O–H groups in total. The Hall–Kier alpha value is -1.56. The maximum atomic E-state index is 2.25. The van der Waals surface area contributed by atoms with Crippen LogP contribution in [0.1, 0.15) is 50.7 Å². The fraction of sp³-hybridized carbons (Fsp3) is 0.400. The monoisotopic (exact) mass is 268 g/mol. The summed E-state index contributed by atoms with van der Waals surface area (Å²) in [6.07, 6.45) is 7.83. The summed E-state index contributed by atoms with van der Waals surface area (Å²) in [5, 5.41) is 0. The molecular weight excluding hydrogens is 240 g/mol. The van der Waals surface area contributed by atoms with Gasteiger partial charge in [-0.1, -0.05) is 93.8 Å². The third kappa shape index (κ3) is 7.78. The van der Waals surface area contributed by atoms with Crippen molar-refractivity contribution < 1.29 is 0 Å². The molecule has 2 aromatic carbocycles. The summed E-state index contributed by atoms with van der Waals surface area (Å²) < 4.78 is 0. The van der Waals surface area contributed by atoms with Crippen LogP contribution in [0.4, 0.5) is 0 Å². The molecule has 20 heavy (non-hydrogen) atoms. The topological polar surface area (TPSA) is 0 Å². The van der Waals surface area contributed by atoms with E-state index in [1.165, 1.54) is 43.2 Å². The third-order valence-corrected chi connectivity index (χ3v) is 3.41. The molecule has 0 saturated carbocycles. The first-order chi connectivity index (χ1) is 9.86. The average Bonchev–Trinajstić information content (AvgIpc) is 2.54. The lowest BCUT2D eigenvalue weighted by Gasteiger charge is -1.99. The Balaban J connectivity index is 0.000000217. The Kier molecular flexibility index (Phi) is 9.30. The second-order valence-corrected chi connectivity index (χ2v) is 5.14. The van der Waals surface area contributed by atoms with E-state index in [2.05, 4.69) is 68.4 Å². The smallest absolute Gasteiger partial charge is 0.0279 e. The summed E-state index contributed by atoms with van der Waals surface area (Å²) in [6, 6.07) is 21.2. The molecule has 0 bridgehead atoms. The molecule has 0 aliphatic carbocycles. The van der Waals surface area contributed by atoms with Crippen LogP contribution in [0.25, 0.3) is 0 Å². The molecule has 0 atom stereocenters. The maximum Gasteiger partial charge on any atom is -0.0279 e. The second-order valence-electron chi connectivity index (χ2n) is 5.14. The van der Waals surface area contributed by atoms with E-state index in [1.54, 1.807) is 0 Å². The lowest BCUT2D eigenvalue weighted by Crippen LogP contribution is -1.84. The molecule has 0 aliphatic rings. The van der Waals surface area contributed by atoms with Gasteiger partial charge in [-0.15, -0.1) is 0 Å². The van der Waals surface area contributed by atoms with Crippen LogP contribution in [0.5, 0.6) is 0 Å². The standard InChI is InChI=1S/C12H18.C8H10/c1-2-3-4-6-9-12-10-7-5-8-11-12;1-2-8-6-4-3-5-7-8/h5,7-8,10-11H,2-4,6,9H2,1H3;3-7H,2H2,1H3. The molecule has 0 radical (unpaired) electrons. The quantitative estimate of drug-likeness (QED) is 0.559. The minimum atomic E-state index is 1.14. The number of rotatable bonds is 6. The van der Waals surface area contributed by atoms with Crippen LogP contribution >= 0.6 is 0 Å². The molecule has 108 valence electrons. The molecule has 0 aromatic heterocycles. The van der Waals surface area contributed by atoms with Crippen molar-refractivity contribution in [1.29, 1.82) is 0 Å². The van der Waals surface area contributed by atoms with Gasteiger partial charge >= 0.3 is 0 Å². The van der Waals surface area contributed by atoms with E-state index in [0.717, 1.165) is 6.42 Å². The van der Waals surface area contributed by atoms with Crippen LogP contribution in [-0.4, -0.2) is 0 Å². The van der Waals surface area contributed by atoms with Crippen LogP contribution in [0.3, 0.4) is 0 Å². The normalized spacial score (nSPS) is 9.70. The molecule has 2 aromatic rings. The summed E-state index contributed by atoms with van der Waals surface area (Å²) in [6.45, 7) is 4.41. The molecule has 0 unspecified atom stereocenters. The molecule has 0 aliphatic heterocycles. The van der Waals surface area contributed by atoms with Gasteiger partial charge in [0.25, 0.3) is 0 Å². The minimum absolute atomic E-state index is 1.14. The molecule has 0 fully saturated rings. The van der Waals surface area contributed by atoms with Crippen LogP contribution in [0.2, 0.25) is 0 Å². The summed E-state index contributed by atoms with van der Waals surface area (Å²) in [5.74, 6) is 0. The van der Waals surface area contributed by atoms with Gasteiger partial charge in [-0.3, -0.25) is 0 Å². The fourth-order valence-electron chi connectivity index (χ4n) is 2.11. The Morgan fingerprint density at radius 1 is 0.600 bits per heavy atom. The van der Waals surface area contributed by atoms with Crippen molar-refractivity contribution in [3.05, 3.63) is 71.8 Å². The summed E-state index contributed by atoms with van der Waals surface area (Å²) >= 11 is 0. The predicted octanol–water partition coefficient (Wildman–Crippen LogP) is 6.06. The van der Waals surface area contributed by atoms with E-state index in [-0.39, 0.29) is 0 Å². The SMILES string of the molecule is CCCCCCc1ccccc1.CCc1ccccc1. The zero-order valence-electron chi connectivity index (χ0n) is 13.0. The zero-order chi connectivity index (χ0) is 14.5. The minimum Gasteiger partial charge on any atom is -0.0654 e. The molecular formula is C20H28.